The van der Waals surface area contributed by atoms with Gasteiger partial charge in [-0.1, -0.05) is 50.1 Å². The van der Waals surface area contributed by atoms with E-state index in [2.05, 4.69) is 23.7 Å². The van der Waals surface area contributed by atoms with Crippen LogP contribution in [-0.2, 0) is 15.8 Å². The predicted octanol–water partition coefficient (Wildman–Crippen LogP) is 4.85. The van der Waals surface area contributed by atoms with Gasteiger partial charge < -0.3 is 16.2 Å². The van der Waals surface area contributed by atoms with E-state index < -0.39 is 28.8 Å². The number of para-hydroxylation sites is 1. The number of carbonyl (C=O) groups is 2. The van der Waals surface area contributed by atoms with Gasteiger partial charge in [0.2, 0.25) is 0 Å². The largest absolute Gasteiger partial charge is 0.399 e. The predicted molar refractivity (Wildman–Crippen MR) is 147 cm³/mol. The standard InChI is InChI=1S/C12H12N2OS.C11H10ClN3O2.C3H8/c13-10-6-8-12(9-7-10)16(15)14-11-4-2-1-3-5-11;1-6-9(13)11(17)15(14-6)10(16)7-2-4-8(12)5-3-7;1-3-2/h1-9,14H,13H2;2-5,9H,13H2,1H3;3H2,1-2H3. The molecule has 0 saturated carbocycles. The number of nitrogens with one attached hydrogen (secondary N) is 1. The third-order valence-electron chi connectivity index (χ3n) is 4.54. The SMILES string of the molecule is CC1=NN(C(=O)c2ccc(Cl)cc2)C(=O)C1N.CCC.Nc1ccc(S(=O)Nc2ccccc2)cc1. The summed E-state index contributed by atoms with van der Waals surface area (Å²) in [6.45, 7) is 5.86. The fourth-order valence-electron chi connectivity index (χ4n) is 2.70. The highest BCUT2D eigenvalue weighted by molar-refractivity contribution is 7.86. The second kappa shape index (κ2) is 14.1. The summed E-state index contributed by atoms with van der Waals surface area (Å²) in [4.78, 5) is 24.3. The average molecular weight is 528 g/mol. The minimum atomic E-state index is -1.25. The number of hydrazone groups is 1. The van der Waals surface area contributed by atoms with Crippen molar-refractivity contribution in [2.75, 3.05) is 10.5 Å². The van der Waals surface area contributed by atoms with E-state index >= 15 is 0 Å². The first kappa shape index (κ1) is 28.7. The third-order valence-corrected chi connectivity index (χ3v) is 5.92. The molecule has 10 heteroatoms. The van der Waals surface area contributed by atoms with Crippen LogP contribution in [0.15, 0.2) is 88.9 Å². The molecule has 3 aromatic carbocycles. The highest BCUT2D eigenvalue weighted by atomic mass is 35.5. The number of nitrogen functional groups attached to an aromatic ring is 1. The van der Waals surface area contributed by atoms with Crippen molar-refractivity contribution in [1.82, 2.24) is 5.01 Å². The molecule has 36 heavy (non-hydrogen) atoms. The van der Waals surface area contributed by atoms with Crippen molar-refractivity contribution in [3.8, 4) is 0 Å². The quantitative estimate of drug-likeness (QED) is 0.330. The molecule has 4 rings (SSSR count). The molecular weight excluding hydrogens is 498 g/mol. The first-order chi connectivity index (χ1) is 17.2. The van der Waals surface area contributed by atoms with Crippen molar-refractivity contribution in [1.29, 1.82) is 0 Å². The van der Waals surface area contributed by atoms with Crippen LogP contribution in [0, 0.1) is 0 Å². The van der Waals surface area contributed by atoms with Crippen LogP contribution in [0.4, 0.5) is 11.4 Å². The van der Waals surface area contributed by atoms with Crippen LogP contribution in [0.25, 0.3) is 0 Å². The van der Waals surface area contributed by atoms with E-state index in [1.165, 1.54) is 18.6 Å². The number of hydrogen-bond acceptors (Lipinski definition) is 6. The normalized spacial score (nSPS) is 15.0. The maximum Gasteiger partial charge on any atom is 0.281 e. The molecule has 0 bridgehead atoms. The van der Waals surface area contributed by atoms with Crippen LogP contribution < -0.4 is 16.2 Å². The van der Waals surface area contributed by atoms with Crippen molar-refractivity contribution in [2.24, 2.45) is 10.8 Å². The summed E-state index contributed by atoms with van der Waals surface area (Å²) in [5.41, 5.74) is 13.4. The zero-order valence-electron chi connectivity index (χ0n) is 20.4. The van der Waals surface area contributed by atoms with Crippen LogP contribution in [-0.4, -0.2) is 32.8 Å². The number of halogens is 1. The van der Waals surface area contributed by atoms with E-state index in [0.29, 0.717) is 26.9 Å². The maximum atomic E-state index is 12.0. The van der Waals surface area contributed by atoms with E-state index in [1.54, 1.807) is 43.3 Å². The van der Waals surface area contributed by atoms with Gasteiger partial charge in [-0.2, -0.15) is 10.1 Å². The number of rotatable bonds is 4. The fourth-order valence-corrected chi connectivity index (χ4v) is 3.68. The zero-order chi connectivity index (χ0) is 26.7. The van der Waals surface area contributed by atoms with Crippen molar-refractivity contribution >= 4 is 51.5 Å². The molecule has 0 saturated heterocycles. The van der Waals surface area contributed by atoms with Crippen LogP contribution >= 0.6 is 11.6 Å². The summed E-state index contributed by atoms with van der Waals surface area (Å²) in [5, 5.41) is 5.16. The molecule has 1 aliphatic heterocycles. The second-order valence-electron chi connectivity index (χ2n) is 7.69. The first-order valence-corrected chi connectivity index (χ1v) is 12.7. The second-order valence-corrected chi connectivity index (χ2v) is 9.34. The highest BCUT2D eigenvalue weighted by Gasteiger charge is 2.35. The van der Waals surface area contributed by atoms with Crippen LogP contribution in [0.2, 0.25) is 5.02 Å². The van der Waals surface area contributed by atoms with E-state index in [4.69, 9.17) is 23.1 Å². The molecular formula is C26H30ClN5O3S. The lowest BCUT2D eigenvalue weighted by Gasteiger charge is -2.10. The number of hydrogen-bond donors (Lipinski definition) is 3. The molecule has 0 aliphatic carbocycles. The number of amides is 2. The topological polar surface area (TPSA) is 131 Å². The molecule has 1 aliphatic rings. The van der Waals surface area contributed by atoms with E-state index in [0.717, 1.165) is 10.7 Å². The molecule has 5 N–H and O–H groups in total. The van der Waals surface area contributed by atoms with Crippen molar-refractivity contribution < 1.29 is 13.8 Å². The minimum Gasteiger partial charge on any atom is -0.399 e. The molecule has 8 nitrogen and oxygen atoms in total. The highest BCUT2D eigenvalue weighted by Crippen LogP contribution is 2.16. The summed E-state index contributed by atoms with van der Waals surface area (Å²) in [6.07, 6.45) is 1.25. The summed E-state index contributed by atoms with van der Waals surface area (Å²) in [7, 11) is -1.25. The van der Waals surface area contributed by atoms with Gasteiger partial charge in [0.1, 0.15) is 17.0 Å². The third kappa shape index (κ3) is 8.30. The molecule has 2 unspecified atom stereocenters. The number of carbonyl (C=O) groups excluding carboxylic acids is 2. The van der Waals surface area contributed by atoms with E-state index in [-0.39, 0.29) is 0 Å². The van der Waals surface area contributed by atoms with Gasteiger partial charge in [-0.3, -0.25) is 9.59 Å². The van der Waals surface area contributed by atoms with Gasteiger partial charge in [-0.25, -0.2) is 4.21 Å². The Kier molecular flexibility index (Phi) is 11.3. The summed E-state index contributed by atoms with van der Waals surface area (Å²) in [6, 6.07) is 21.8. The monoisotopic (exact) mass is 527 g/mol. The van der Waals surface area contributed by atoms with Gasteiger partial charge in [-0.05, 0) is 67.6 Å². The first-order valence-electron chi connectivity index (χ1n) is 11.2. The molecule has 2 amide bonds. The lowest BCUT2D eigenvalue weighted by molar-refractivity contribution is -0.127. The van der Waals surface area contributed by atoms with Crippen LogP contribution in [0.3, 0.4) is 0 Å². The van der Waals surface area contributed by atoms with Crippen LogP contribution in [0.1, 0.15) is 37.6 Å². The number of nitrogens with zero attached hydrogens (tertiary/aromatic N) is 2. The number of anilines is 2. The Morgan fingerprint density at radius 3 is 2.08 bits per heavy atom. The average Bonchev–Trinajstić information content (AvgIpc) is 3.13. The molecule has 3 aromatic rings. The molecule has 0 radical (unpaired) electrons. The number of imide groups is 1. The lowest BCUT2D eigenvalue weighted by Crippen LogP contribution is -2.40. The maximum absolute atomic E-state index is 12.0. The van der Waals surface area contributed by atoms with Gasteiger partial charge in [-0.15, -0.1) is 0 Å². The Morgan fingerprint density at radius 2 is 1.58 bits per heavy atom. The summed E-state index contributed by atoms with van der Waals surface area (Å²) >= 11 is 5.71. The Bertz CT molecular complexity index is 1200. The molecule has 0 aromatic heterocycles. The molecule has 0 fully saturated rings. The Hall–Kier alpha value is -3.53. The summed E-state index contributed by atoms with van der Waals surface area (Å²) < 4.78 is 14.8. The number of nitrogens with two attached hydrogens (primary N) is 2. The van der Waals surface area contributed by atoms with Crippen molar-refractivity contribution in [3.63, 3.8) is 0 Å². The van der Waals surface area contributed by atoms with Gasteiger partial charge in [0, 0.05) is 22.0 Å². The van der Waals surface area contributed by atoms with Crippen molar-refractivity contribution in [2.45, 2.75) is 38.1 Å². The smallest absolute Gasteiger partial charge is 0.281 e. The molecule has 1 heterocycles. The van der Waals surface area contributed by atoms with Gasteiger partial charge >= 0.3 is 0 Å². The van der Waals surface area contributed by atoms with E-state index in [9.17, 15) is 13.8 Å². The lowest BCUT2D eigenvalue weighted by atomic mass is 10.2. The molecule has 0 spiro atoms. The zero-order valence-corrected chi connectivity index (χ0v) is 21.9. The number of benzene rings is 3. The summed E-state index contributed by atoms with van der Waals surface area (Å²) in [5.74, 6) is -1.01. The van der Waals surface area contributed by atoms with Gasteiger partial charge in [0.15, 0.2) is 0 Å². The van der Waals surface area contributed by atoms with Crippen LogP contribution in [0.5, 0.6) is 0 Å². The fraction of sp³-hybridized carbons (Fsp3) is 0.192. The Labute approximate surface area is 218 Å². The minimum absolute atomic E-state index is 0.341. The van der Waals surface area contributed by atoms with Crippen molar-refractivity contribution in [3.05, 3.63) is 89.4 Å². The Morgan fingerprint density at radius 1 is 1.03 bits per heavy atom. The van der Waals surface area contributed by atoms with Gasteiger partial charge in [0.05, 0.1) is 10.6 Å². The van der Waals surface area contributed by atoms with Gasteiger partial charge in [0.25, 0.3) is 11.8 Å². The molecule has 2 atom stereocenters. The Balaban J connectivity index is 0.000000229. The van der Waals surface area contributed by atoms with E-state index in [1.807, 2.05) is 30.3 Å². The molecule has 190 valence electrons.